The molecular formula is C28H29NO6. The molecule has 0 saturated heterocycles. The summed E-state index contributed by atoms with van der Waals surface area (Å²) >= 11 is 0. The Labute approximate surface area is 204 Å². The number of rotatable bonds is 7. The largest absolute Gasteiger partial charge is 0.466 e. The van der Waals surface area contributed by atoms with Crippen molar-refractivity contribution in [3.05, 3.63) is 82.9 Å². The van der Waals surface area contributed by atoms with Crippen LogP contribution in [0, 0.1) is 0 Å². The van der Waals surface area contributed by atoms with E-state index in [9.17, 15) is 19.2 Å². The number of hydrogen-bond acceptors (Lipinski definition) is 7. The molecule has 0 amide bonds. The molecule has 1 aliphatic carbocycles. The molecule has 1 heterocycles. The van der Waals surface area contributed by atoms with E-state index in [0.29, 0.717) is 11.1 Å². The molecule has 0 spiro atoms. The third-order valence-electron chi connectivity index (χ3n) is 6.85. The maximum Gasteiger partial charge on any atom is 0.336 e. The first-order chi connectivity index (χ1) is 17.0. The summed E-state index contributed by atoms with van der Waals surface area (Å²) in [6.07, 6.45) is 4.42. The number of carbonyl (C=O) groups is 4. The molecule has 2 aromatic carbocycles. The molecule has 0 bridgehead atoms. The third-order valence-corrected chi connectivity index (χ3v) is 6.85. The molecule has 182 valence electrons. The fourth-order valence-electron chi connectivity index (χ4n) is 5.26. The van der Waals surface area contributed by atoms with Crippen molar-refractivity contribution in [2.45, 2.75) is 50.2 Å². The lowest BCUT2D eigenvalue weighted by Crippen LogP contribution is -2.53. The van der Waals surface area contributed by atoms with Gasteiger partial charge in [-0.3, -0.25) is 14.5 Å². The number of Topliss-reactive ketones (excluding diaryl/α,β-unsaturated/α-hetero) is 2. The van der Waals surface area contributed by atoms with Gasteiger partial charge in [0.1, 0.15) is 12.1 Å². The SMILES string of the molecule is COC(=O)C1=C(C(=O)OC)[C@@H](C(=O)c2ccccc2)N(C2CCCCC2)[C@@H]1C(=O)c1ccccc1. The molecule has 2 aliphatic rings. The summed E-state index contributed by atoms with van der Waals surface area (Å²) < 4.78 is 10.1. The zero-order valence-electron chi connectivity index (χ0n) is 19.9. The molecule has 35 heavy (non-hydrogen) atoms. The minimum atomic E-state index is -1.14. The van der Waals surface area contributed by atoms with Gasteiger partial charge in [0.05, 0.1) is 25.4 Å². The maximum atomic E-state index is 13.9. The molecule has 0 aromatic heterocycles. The fourth-order valence-corrected chi connectivity index (χ4v) is 5.26. The van der Waals surface area contributed by atoms with Crippen LogP contribution in [-0.4, -0.2) is 60.8 Å². The summed E-state index contributed by atoms with van der Waals surface area (Å²) in [5.74, 6) is -2.35. The standard InChI is InChI=1S/C28H29NO6/c1-34-27(32)21-22(28(33)35-2)24(26(31)19-14-8-4-9-15-19)29(20-16-10-5-11-17-20)23(21)25(30)18-12-6-3-7-13-18/h3-4,6-9,12-15,20,23-24H,5,10-11,16-17H2,1-2H3/t23-,24-/m0/s1. The number of ketones is 2. The van der Waals surface area contributed by atoms with Gasteiger partial charge in [0.25, 0.3) is 0 Å². The second kappa shape index (κ2) is 10.8. The minimum Gasteiger partial charge on any atom is -0.466 e. The van der Waals surface area contributed by atoms with Crippen molar-refractivity contribution in [1.29, 1.82) is 0 Å². The van der Waals surface area contributed by atoms with E-state index < -0.39 is 24.0 Å². The summed E-state index contributed by atoms with van der Waals surface area (Å²) in [7, 11) is 2.40. The molecule has 1 fully saturated rings. The quantitative estimate of drug-likeness (QED) is 0.445. The van der Waals surface area contributed by atoms with E-state index in [2.05, 4.69) is 0 Å². The lowest BCUT2D eigenvalue weighted by atomic mass is 9.90. The average molecular weight is 476 g/mol. The van der Waals surface area contributed by atoms with E-state index in [-0.39, 0.29) is 28.8 Å². The number of hydrogen-bond donors (Lipinski definition) is 0. The highest BCUT2D eigenvalue weighted by Crippen LogP contribution is 2.40. The van der Waals surface area contributed by atoms with Crippen molar-refractivity contribution in [2.75, 3.05) is 14.2 Å². The lowest BCUT2D eigenvalue weighted by molar-refractivity contribution is -0.139. The van der Waals surface area contributed by atoms with Crippen molar-refractivity contribution in [3.63, 3.8) is 0 Å². The van der Waals surface area contributed by atoms with Gasteiger partial charge in [-0.15, -0.1) is 0 Å². The first kappa shape index (κ1) is 24.5. The molecule has 1 saturated carbocycles. The van der Waals surface area contributed by atoms with Crippen molar-refractivity contribution >= 4 is 23.5 Å². The average Bonchev–Trinajstić information content (AvgIpc) is 3.28. The topological polar surface area (TPSA) is 90.0 Å². The second-order valence-electron chi connectivity index (χ2n) is 8.82. The summed E-state index contributed by atoms with van der Waals surface area (Å²) in [6, 6.07) is 14.8. The van der Waals surface area contributed by atoms with Crippen LogP contribution >= 0.6 is 0 Å². The van der Waals surface area contributed by atoms with Crippen molar-refractivity contribution in [2.24, 2.45) is 0 Å². The van der Waals surface area contributed by atoms with Gasteiger partial charge in [0.15, 0.2) is 11.6 Å². The first-order valence-electron chi connectivity index (χ1n) is 11.9. The molecule has 0 radical (unpaired) electrons. The zero-order chi connectivity index (χ0) is 24.9. The van der Waals surface area contributed by atoms with Crippen LogP contribution < -0.4 is 0 Å². The summed E-state index contributed by atoms with van der Waals surface area (Å²) in [5.41, 5.74) is 0.537. The van der Waals surface area contributed by atoms with Gasteiger partial charge in [-0.05, 0) is 12.8 Å². The van der Waals surface area contributed by atoms with Crippen LogP contribution in [0.2, 0.25) is 0 Å². The second-order valence-corrected chi connectivity index (χ2v) is 8.82. The van der Waals surface area contributed by atoms with Crippen LogP contribution in [0.4, 0.5) is 0 Å². The Hall–Kier alpha value is -3.58. The summed E-state index contributed by atoms with van der Waals surface area (Å²) in [4.78, 5) is 56.0. The monoisotopic (exact) mass is 475 g/mol. The Morgan fingerprint density at radius 3 is 1.43 bits per heavy atom. The van der Waals surface area contributed by atoms with Gasteiger partial charge < -0.3 is 9.47 Å². The molecule has 7 nitrogen and oxygen atoms in total. The Morgan fingerprint density at radius 2 is 1.06 bits per heavy atom. The van der Waals surface area contributed by atoms with Gasteiger partial charge in [-0.25, -0.2) is 9.59 Å². The number of ether oxygens (including phenoxy) is 2. The highest BCUT2D eigenvalue weighted by Gasteiger charge is 2.54. The van der Waals surface area contributed by atoms with Gasteiger partial charge in [-0.2, -0.15) is 0 Å². The van der Waals surface area contributed by atoms with Crippen LogP contribution in [0.5, 0.6) is 0 Å². The smallest absolute Gasteiger partial charge is 0.336 e. The molecule has 2 atom stereocenters. The molecule has 0 N–H and O–H groups in total. The molecule has 0 unspecified atom stereocenters. The molecule has 7 heteroatoms. The summed E-state index contributed by atoms with van der Waals surface area (Å²) in [5, 5.41) is 0. The van der Waals surface area contributed by atoms with Gasteiger partial charge >= 0.3 is 11.9 Å². The Kier molecular flexibility index (Phi) is 7.56. The highest BCUT2D eigenvalue weighted by molar-refractivity contribution is 6.18. The molecule has 2 aromatic rings. The van der Waals surface area contributed by atoms with Gasteiger partial charge in [-0.1, -0.05) is 79.9 Å². The van der Waals surface area contributed by atoms with Crippen molar-refractivity contribution in [3.8, 4) is 0 Å². The number of methoxy groups -OCH3 is 2. The molecular weight excluding hydrogens is 446 g/mol. The number of carbonyl (C=O) groups excluding carboxylic acids is 4. The Balaban J connectivity index is 1.95. The number of esters is 2. The van der Waals surface area contributed by atoms with Crippen LogP contribution in [0.3, 0.4) is 0 Å². The van der Waals surface area contributed by atoms with Crippen LogP contribution in [0.25, 0.3) is 0 Å². The van der Waals surface area contributed by atoms with Gasteiger partial charge in [0.2, 0.25) is 0 Å². The zero-order valence-corrected chi connectivity index (χ0v) is 19.9. The predicted octanol–water partition coefficient (Wildman–Crippen LogP) is 3.78. The van der Waals surface area contributed by atoms with E-state index in [0.717, 1.165) is 32.1 Å². The van der Waals surface area contributed by atoms with E-state index in [1.807, 2.05) is 0 Å². The van der Waals surface area contributed by atoms with Crippen molar-refractivity contribution in [1.82, 2.24) is 4.90 Å². The number of nitrogens with zero attached hydrogens (tertiary/aromatic N) is 1. The molecule has 1 aliphatic heterocycles. The number of benzene rings is 2. The van der Waals surface area contributed by atoms with Gasteiger partial charge in [0, 0.05) is 17.2 Å². The predicted molar refractivity (Wildman–Crippen MR) is 129 cm³/mol. The van der Waals surface area contributed by atoms with Crippen LogP contribution in [0.1, 0.15) is 52.8 Å². The van der Waals surface area contributed by atoms with E-state index in [1.54, 1.807) is 65.6 Å². The van der Waals surface area contributed by atoms with E-state index in [1.165, 1.54) is 14.2 Å². The molecule has 4 rings (SSSR count). The maximum absolute atomic E-state index is 13.9. The fraction of sp³-hybridized carbons (Fsp3) is 0.357. The Morgan fingerprint density at radius 1 is 0.657 bits per heavy atom. The normalized spacial score (nSPS) is 21.0. The minimum absolute atomic E-state index is 0.118. The summed E-state index contributed by atoms with van der Waals surface area (Å²) in [6.45, 7) is 0. The Bertz CT molecular complexity index is 1050. The van der Waals surface area contributed by atoms with Crippen LogP contribution in [0.15, 0.2) is 71.8 Å². The van der Waals surface area contributed by atoms with E-state index >= 15 is 0 Å². The lowest BCUT2D eigenvalue weighted by Gasteiger charge is -2.39. The van der Waals surface area contributed by atoms with E-state index in [4.69, 9.17) is 9.47 Å². The van der Waals surface area contributed by atoms with Crippen molar-refractivity contribution < 1.29 is 28.7 Å². The highest BCUT2D eigenvalue weighted by atomic mass is 16.5. The van der Waals surface area contributed by atoms with Crippen LogP contribution in [-0.2, 0) is 19.1 Å². The first-order valence-corrected chi connectivity index (χ1v) is 11.9. The third kappa shape index (κ3) is 4.68.